The van der Waals surface area contributed by atoms with Crippen molar-refractivity contribution in [3.8, 4) is 44.5 Å². The monoisotopic (exact) mass is 782 g/mol. The van der Waals surface area contributed by atoms with Crippen molar-refractivity contribution >= 4 is 86.2 Å². The second-order valence-electron chi connectivity index (χ2n) is 16.7. The van der Waals surface area contributed by atoms with Crippen LogP contribution in [0.15, 0.2) is 231 Å². The molecular weight excluding hydrogens is 745 g/mol. The van der Waals surface area contributed by atoms with Crippen LogP contribution in [-0.4, -0.2) is 0 Å². The number of hydrogen-bond donors (Lipinski definition) is 0. The third-order valence-electron chi connectivity index (χ3n) is 13.4. The fourth-order valence-corrected chi connectivity index (χ4v) is 10.6. The Morgan fingerprint density at radius 1 is 0.161 bits per heavy atom. The topological polar surface area (TPSA) is 0 Å². The summed E-state index contributed by atoms with van der Waals surface area (Å²) in [5.74, 6) is 0. The first-order chi connectivity index (χ1) is 30.8. The zero-order valence-corrected chi connectivity index (χ0v) is 33.9. The smallest absolute Gasteiger partial charge is 0.00197 e. The maximum absolute atomic E-state index is 2.55. The van der Waals surface area contributed by atoms with Gasteiger partial charge < -0.3 is 0 Å². The largest absolute Gasteiger partial charge is 0.0622 e. The molecule has 0 aromatic heterocycles. The van der Waals surface area contributed by atoms with E-state index >= 15 is 0 Å². The van der Waals surface area contributed by atoms with Gasteiger partial charge in [0.1, 0.15) is 0 Å². The summed E-state index contributed by atoms with van der Waals surface area (Å²) in [5.41, 5.74) is 9.93. The van der Waals surface area contributed by atoms with E-state index in [1.807, 2.05) is 0 Å². The van der Waals surface area contributed by atoms with Crippen LogP contribution in [-0.2, 0) is 0 Å². The van der Waals surface area contributed by atoms with Crippen LogP contribution in [0.1, 0.15) is 0 Å². The van der Waals surface area contributed by atoms with Gasteiger partial charge in [-0.15, -0.1) is 0 Å². The molecule has 0 heteroatoms. The van der Waals surface area contributed by atoms with Crippen LogP contribution >= 0.6 is 0 Å². The molecule has 0 aliphatic rings. The molecule has 0 bridgehead atoms. The Balaban J connectivity index is 1.28. The highest BCUT2D eigenvalue weighted by Gasteiger charge is 2.23. The molecule has 0 fully saturated rings. The number of benzene rings is 13. The van der Waals surface area contributed by atoms with Crippen molar-refractivity contribution in [3.63, 3.8) is 0 Å². The fraction of sp³-hybridized carbons (Fsp3) is 0. The average Bonchev–Trinajstić information content (AvgIpc) is 3.35. The number of rotatable bonds is 4. The predicted octanol–water partition coefficient (Wildman–Crippen LogP) is 17.6. The lowest BCUT2D eigenvalue weighted by Crippen LogP contribution is -1.95. The van der Waals surface area contributed by atoms with Gasteiger partial charge >= 0.3 is 0 Å². The first kappa shape index (κ1) is 34.8. The van der Waals surface area contributed by atoms with Gasteiger partial charge in [-0.1, -0.05) is 194 Å². The lowest BCUT2D eigenvalue weighted by atomic mass is 9.80. The molecule has 0 saturated carbocycles. The van der Waals surface area contributed by atoms with Gasteiger partial charge in [-0.2, -0.15) is 0 Å². The Morgan fingerprint density at radius 3 is 1.11 bits per heavy atom. The summed E-state index contributed by atoms with van der Waals surface area (Å²) in [6.07, 6.45) is 0. The molecule has 0 N–H and O–H groups in total. The van der Waals surface area contributed by atoms with Crippen LogP contribution in [0.2, 0.25) is 0 Å². The van der Waals surface area contributed by atoms with E-state index < -0.39 is 0 Å². The van der Waals surface area contributed by atoms with Crippen LogP contribution in [0.3, 0.4) is 0 Å². The van der Waals surface area contributed by atoms with E-state index in [-0.39, 0.29) is 0 Å². The van der Waals surface area contributed by atoms with E-state index in [4.69, 9.17) is 0 Å². The fourth-order valence-electron chi connectivity index (χ4n) is 10.6. The molecule has 13 aromatic rings. The van der Waals surface area contributed by atoms with E-state index in [0.717, 1.165) is 0 Å². The average molecular weight is 783 g/mol. The van der Waals surface area contributed by atoms with Crippen molar-refractivity contribution in [1.29, 1.82) is 0 Å². The Hall–Kier alpha value is -8.06. The highest BCUT2D eigenvalue weighted by atomic mass is 14.3. The molecule has 13 aromatic carbocycles. The number of hydrogen-bond acceptors (Lipinski definition) is 0. The van der Waals surface area contributed by atoms with Crippen molar-refractivity contribution in [2.45, 2.75) is 0 Å². The molecule has 0 amide bonds. The second kappa shape index (κ2) is 13.7. The van der Waals surface area contributed by atoms with Crippen molar-refractivity contribution in [2.24, 2.45) is 0 Å². The molecule has 0 atom stereocenters. The molecule has 0 radical (unpaired) electrons. The van der Waals surface area contributed by atoms with Crippen molar-refractivity contribution in [1.82, 2.24) is 0 Å². The first-order valence-corrected chi connectivity index (χ1v) is 21.6. The Labute approximate surface area is 359 Å². The summed E-state index contributed by atoms with van der Waals surface area (Å²) >= 11 is 0. The van der Waals surface area contributed by atoms with Crippen LogP contribution < -0.4 is 0 Å². The molecule has 0 unspecified atom stereocenters. The van der Waals surface area contributed by atoms with Gasteiger partial charge in [-0.05, 0) is 167 Å². The molecule has 0 heterocycles. The molecule has 13 rings (SSSR count). The van der Waals surface area contributed by atoms with E-state index in [0.29, 0.717) is 0 Å². The van der Waals surface area contributed by atoms with Crippen molar-refractivity contribution in [2.75, 3.05) is 0 Å². The minimum atomic E-state index is 1.21. The Kier molecular flexibility index (Phi) is 7.71. The SMILES string of the molecule is c1ccc(-c2ccc3cc(-c4ccccc4)c4cc5c(-c6cc7ccccc7c7ccccc67)c6ccccc6c(-c6cc7ccccc7c7ccccc67)c5cc4c3c2)cc1. The van der Waals surface area contributed by atoms with Gasteiger partial charge in [-0.3, -0.25) is 0 Å². The Bertz CT molecular complexity index is 3950. The molecule has 0 spiro atoms. The molecule has 286 valence electrons. The molecule has 0 saturated heterocycles. The van der Waals surface area contributed by atoms with E-state index in [1.54, 1.807) is 0 Å². The van der Waals surface area contributed by atoms with E-state index in [1.165, 1.54) is 131 Å². The summed E-state index contributed by atoms with van der Waals surface area (Å²) in [7, 11) is 0. The maximum atomic E-state index is 2.55. The summed E-state index contributed by atoms with van der Waals surface area (Å²) in [4.78, 5) is 0. The standard InChI is InChI=1S/C62H38/c1-3-17-39(18-4-1)41-31-32-44-34-53(40-19-5-2-6-20-40)55-37-59-60(38-56(55)54(44)33-41)62(58-36-43-22-8-10-24-46(43)48-26-12-14-28-50(48)58)52-30-16-15-29-51(52)61(59)57-35-42-21-7-9-23-45(42)47-25-11-13-27-49(47)57/h1-38H. The maximum Gasteiger partial charge on any atom is -0.00197 e. The van der Waals surface area contributed by atoms with Gasteiger partial charge in [0.05, 0.1) is 0 Å². The quantitative estimate of drug-likeness (QED) is 0.123. The molecule has 0 nitrogen and oxygen atoms in total. The zero-order valence-electron chi connectivity index (χ0n) is 33.9. The third kappa shape index (κ3) is 5.27. The predicted molar refractivity (Wildman–Crippen MR) is 268 cm³/mol. The van der Waals surface area contributed by atoms with Crippen LogP contribution in [0.25, 0.3) is 131 Å². The zero-order chi connectivity index (χ0) is 40.7. The molecule has 0 aliphatic carbocycles. The summed E-state index contributed by atoms with van der Waals surface area (Å²) < 4.78 is 0. The van der Waals surface area contributed by atoms with Crippen molar-refractivity contribution in [3.05, 3.63) is 231 Å². The molecular formula is C62H38. The van der Waals surface area contributed by atoms with Gasteiger partial charge in [0.2, 0.25) is 0 Å². The highest BCUT2D eigenvalue weighted by molar-refractivity contribution is 6.31. The van der Waals surface area contributed by atoms with Gasteiger partial charge in [-0.25, -0.2) is 0 Å². The van der Waals surface area contributed by atoms with Gasteiger partial charge in [0, 0.05) is 0 Å². The van der Waals surface area contributed by atoms with Crippen LogP contribution in [0.5, 0.6) is 0 Å². The molecule has 62 heavy (non-hydrogen) atoms. The van der Waals surface area contributed by atoms with E-state index in [9.17, 15) is 0 Å². The summed E-state index contributed by atoms with van der Waals surface area (Å²) in [6, 6.07) is 86.0. The normalized spacial score (nSPS) is 11.9. The minimum absolute atomic E-state index is 1.21. The summed E-state index contributed by atoms with van der Waals surface area (Å²) in [6.45, 7) is 0. The number of fused-ring (bicyclic) bond motifs is 11. The van der Waals surface area contributed by atoms with E-state index in [2.05, 4.69) is 231 Å². The first-order valence-electron chi connectivity index (χ1n) is 21.6. The van der Waals surface area contributed by atoms with Gasteiger partial charge in [0.25, 0.3) is 0 Å². The van der Waals surface area contributed by atoms with Crippen LogP contribution in [0.4, 0.5) is 0 Å². The van der Waals surface area contributed by atoms with Crippen LogP contribution in [0, 0.1) is 0 Å². The minimum Gasteiger partial charge on any atom is -0.0622 e. The molecule has 0 aliphatic heterocycles. The lowest BCUT2D eigenvalue weighted by Gasteiger charge is -2.22. The highest BCUT2D eigenvalue weighted by Crippen LogP contribution is 2.51. The Morgan fingerprint density at radius 2 is 0.565 bits per heavy atom. The van der Waals surface area contributed by atoms with Crippen molar-refractivity contribution < 1.29 is 0 Å². The lowest BCUT2D eigenvalue weighted by molar-refractivity contribution is 1.64. The third-order valence-corrected chi connectivity index (χ3v) is 13.4. The van der Waals surface area contributed by atoms with Gasteiger partial charge in [0.15, 0.2) is 0 Å². The summed E-state index contributed by atoms with van der Waals surface area (Å²) in [5, 5.41) is 20.1. The second-order valence-corrected chi connectivity index (χ2v) is 16.7.